The van der Waals surface area contributed by atoms with Gasteiger partial charge in [0.15, 0.2) is 0 Å². The fourth-order valence-corrected chi connectivity index (χ4v) is 6.03. The Morgan fingerprint density at radius 1 is 1.18 bits per heavy atom. The molecular weight excluding hydrogens is 501 g/mol. The molecule has 0 saturated heterocycles. The molecule has 8 nitrogen and oxygen atoms in total. The lowest BCUT2D eigenvalue weighted by atomic mass is 10.2. The summed E-state index contributed by atoms with van der Waals surface area (Å²) < 4.78 is 22.5. The molecule has 10 heteroatoms. The zero-order valence-electron chi connectivity index (χ0n) is 18.7. The predicted octanol–water partition coefficient (Wildman–Crippen LogP) is 4.03. The third-order valence-electron chi connectivity index (χ3n) is 6.83. The van der Waals surface area contributed by atoms with Crippen LogP contribution in [0.3, 0.4) is 0 Å². The summed E-state index contributed by atoms with van der Waals surface area (Å²) in [5.74, 6) is -0.577. The van der Waals surface area contributed by atoms with Crippen molar-refractivity contribution < 1.29 is 4.39 Å². The van der Waals surface area contributed by atoms with E-state index in [0.29, 0.717) is 21.4 Å². The maximum Gasteiger partial charge on any atom is 0.329 e. The molecule has 1 saturated carbocycles. The van der Waals surface area contributed by atoms with Gasteiger partial charge >= 0.3 is 5.69 Å². The summed E-state index contributed by atoms with van der Waals surface area (Å²) in [7, 11) is 3.44. The Balaban J connectivity index is 1.79. The zero-order chi connectivity index (χ0) is 23.7. The highest BCUT2D eigenvalue weighted by atomic mass is 79.9. The molecule has 4 heterocycles. The highest BCUT2D eigenvalue weighted by Gasteiger charge is 2.31. The summed E-state index contributed by atoms with van der Waals surface area (Å²) in [6, 6.07) is 9.75. The average molecular weight is 524 g/mol. The van der Waals surface area contributed by atoms with Crippen LogP contribution >= 0.6 is 15.9 Å². The molecular formula is C24H23BrFN7O. The van der Waals surface area contributed by atoms with Crippen LogP contribution in [0.4, 0.5) is 4.39 Å². The van der Waals surface area contributed by atoms with Gasteiger partial charge in [-0.15, -0.1) is 5.10 Å². The molecule has 5 aromatic rings. The Labute approximate surface area is 202 Å². The van der Waals surface area contributed by atoms with E-state index in [4.69, 9.17) is 10.7 Å². The van der Waals surface area contributed by atoms with Gasteiger partial charge < -0.3 is 5.73 Å². The van der Waals surface area contributed by atoms with Crippen molar-refractivity contribution in [2.75, 3.05) is 0 Å². The lowest BCUT2D eigenvalue weighted by Crippen LogP contribution is -2.26. The topological polar surface area (TPSA) is 88.6 Å². The molecule has 34 heavy (non-hydrogen) atoms. The molecule has 0 radical (unpaired) electrons. The van der Waals surface area contributed by atoms with Gasteiger partial charge in [-0.3, -0.25) is 18.4 Å². The van der Waals surface area contributed by atoms with Gasteiger partial charge in [-0.25, -0.2) is 9.78 Å². The van der Waals surface area contributed by atoms with Gasteiger partial charge in [0.05, 0.1) is 38.3 Å². The summed E-state index contributed by atoms with van der Waals surface area (Å²) >= 11 is 3.78. The number of imidazole rings is 1. The van der Waals surface area contributed by atoms with E-state index in [2.05, 4.69) is 21.0 Å². The van der Waals surface area contributed by atoms with Crippen molar-refractivity contribution in [3.63, 3.8) is 0 Å². The molecule has 1 aliphatic carbocycles. The Morgan fingerprint density at radius 3 is 2.59 bits per heavy atom. The monoisotopic (exact) mass is 523 g/mol. The van der Waals surface area contributed by atoms with E-state index in [1.807, 2.05) is 39.5 Å². The second kappa shape index (κ2) is 7.64. The second-order valence-corrected chi connectivity index (χ2v) is 9.76. The van der Waals surface area contributed by atoms with Crippen molar-refractivity contribution in [3.8, 4) is 16.9 Å². The minimum Gasteiger partial charge on any atom is -0.328 e. The van der Waals surface area contributed by atoms with Crippen LogP contribution in [0.1, 0.15) is 25.3 Å². The zero-order valence-corrected chi connectivity index (χ0v) is 20.3. The van der Waals surface area contributed by atoms with Gasteiger partial charge in [-0.2, -0.15) is 4.39 Å². The highest BCUT2D eigenvalue weighted by Crippen LogP contribution is 2.43. The molecule has 0 spiro atoms. The van der Waals surface area contributed by atoms with Gasteiger partial charge in [0.2, 0.25) is 5.95 Å². The van der Waals surface area contributed by atoms with Crippen LogP contribution in [0.15, 0.2) is 52.0 Å². The number of halogens is 2. The number of aromatic nitrogens is 6. The Hall–Kier alpha value is -3.24. The predicted molar refractivity (Wildman–Crippen MR) is 133 cm³/mol. The number of rotatable bonds is 3. The molecule has 0 amide bonds. The van der Waals surface area contributed by atoms with E-state index < -0.39 is 5.95 Å². The van der Waals surface area contributed by atoms with Crippen LogP contribution in [0, 0.1) is 5.95 Å². The van der Waals surface area contributed by atoms with Crippen molar-refractivity contribution in [1.82, 2.24) is 28.5 Å². The van der Waals surface area contributed by atoms with Crippen molar-refractivity contribution >= 4 is 38.0 Å². The van der Waals surface area contributed by atoms with Crippen molar-refractivity contribution in [2.24, 2.45) is 19.8 Å². The molecule has 0 aliphatic heterocycles. The normalized spacial score (nSPS) is 18.5. The first-order chi connectivity index (χ1) is 16.4. The fourth-order valence-electron chi connectivity index (χ4n) is 5.28. The van der Waals surface area contributed by atoms with Crippen LogP contribution in [0.25, 0.3) is 39.0 Å². The SMILES string of the molecule is Cn1cc(-c2c(Br)c3c(ncc4c3n([C@@H]3CC[C@@H](N)C3)c(=O)n4C)n2-c2ccccc2)c(F)n1. The number of pyridine rings is 1. The minimum absolute atomic E-state index is 0.00218. The highest BCUT2D eigenvalue weighted by molar-refractivity contribution is 9.10. The summed E-state index contributed by atoms with van der Waals surface area (Å²) in [5.41, 5.74) is 10.0. The van der Waals surface area contributed by atoms with E-state index in [1.165, 1.54) is 4.68 Å². The smallest absolute Gasteiger partial charge is 0.328 e. The Kier molecular flexibility index (Phi) is 4.79. The van der Waals surface area contributed by atoms with Gasteiger partial charge in [0, 0.05) is 38.1 Å². The summed E-state index contributed by atoms with van der Waals surface area (Å²) in [6.45, 7) is 0. The third kappa shape index (κ3) is 2.94. The van der Waals surface area contributed by atoms with Gasteiger partial charge in [-0.05, 0) is 47.3 Å². The molecule has 1 aliphatic rings. The van der Waals surface area contributed by atoms with Gasteiger partial charge in [0.25, 0.3) is 0 Å². The summed E-state index contributed by atoms with van der Waals surface area (Å²) in [4.78, 5) is 18.2. The number of fused-ring (bicyclic) bond motifs is 3. The number of hydrogen-bond donors (Lipinski definition) is 1. The maximum absolute atomic E-state index is 15.0. The molecule has 2 N–H and O–H groups in total. The second-order valence-electron chi connectivity index (χ2n) is 8.97. The van der Waals surface area contributed by atoms with Crippen LogP contribution in [-0.2, 0) is 14.1 Å². The third-order valence-corrected chi connectivity index (χ3v) is 7.61. The molecule has 0 unspecified atom stereocenters. The molecule has 4 aromatic heterocycles. The van der Waals surface area contributed by atoms with Crippen LogP contribution < -0.4 is 11.4 Å². The number of benzene rings is 1. The van der Waals surface area contributed by atoms with E-state index in [1.54, 1.807) is 31.1 Å². The summed E-state index contributed by atoms with van der Waals surface area (Å²) in [6.07, 6.45) is 5.83. The van der Waals surface area contributed by atoms with Crippen LogP contribution in [0.2, 0.25) is 0 Å². The van der Waals surface area contributed by atoms with E-state index >= 15 is 0 Å². The molecule has 174 valence electrons. The van der Waals surface area contributed by atoms with Crippen LogP contribution in [0.5, 0.6) is 0 Å². The van der Waals surface area contributed by atoms with Gasteiger partial charge in [-0.1, -0.05) is 18.2 Å². The van der Waals surface area contributed by atoms with Crippen molar-refractivity contribution in [1.29, 1.82) is 0 Å². The van der Waals surface area contributed by atoms with E-state index in [9.17, 15) is 9.18 Å². The molecule has 6 rings (SSSR count). The van der Waals surface area contributed by atoms with Crippen molar-refractivity contribution in [3.05, 3.63) is 63.6 Å². The minimum atomic E-state index is -0.577. The van der Waals surface area contributed by atoms with Crippen LogP contribution in [-0.4, -0.2) is 34.5 Å². The van der Waals surface area contributed by atoms with E-state index in [0.717, 1.165) is 41.4 Å². The van der Waals surface area contributed by atoms with Crippen molar-refractivity contribution in [2.45, 2.75) is 31.3 Å². The number of aryl methyl sites for hydroxylation is 2. The average Bonchev–Trinajstić information content (AvgIpc) is 3.53. The van der Waals surface area contributed by atoms with Gasteiger partial charge in [0.1, 0.15) is 5.65 Å². The summed E-state index contributed by atoms with van der Waals surface area (Å²) in [5, 5.41) is 4.69. The maximum atomic E-state index is 15.0. The number of nitrogens with zero attached hydrogens (tertiary/aromatic N) is 6. The first-order valence-corrected chi connectivity index (χ1v) is 12.0. The lowest BCUT2D eigenvalue weighted by molar-refractivity contribution is 0.502. The number of nitrogens with two attached hydrogens (primary N) is 1. The Morgan fingerprint density at radius 2 is 1.94 bits per heavy atom. The first-order valence-electron chi connectivity index (χ1n) is 11.2. The Bertz CT molecular complexity index is 1630. The quantitative estimate of drug-likeness (QED) is 0.386. The fraction of sp³-hybridized carbons (Fsp3) is 0.292. The largest absolute Gasteiger partial charge is 0.329 e. The standard InChI is InChI=1S/C24H23BrFN7O/c1-30-12-16(22(26)29-30)20-19(25)18-21-17(11-28-23(18)32(20)14-6-4-3-5-7-14)31(2)24(34)33(21)15-9-8-13(27)10-15/h3-7,11-13,15H,8-10,27H2,1-2H3/t13-,15-/m1/s1. The first kappa shape index (κ1) is 21.3. The number of para-hydroxylation sites is 1. The number of hydrogen-bond acceptors (Lipinski definition) is 4. The molecule has 1 aromatic carbocycles. The van der Waals surface area contributed by atoms with E-state index in [-0.39, 0.29) is 17.8 Å². The molecule has 1 fully saturated rings. The molecule has 2 atom stereocenters. The lowest BCUT2D eigenvalue weighted by Gasteiger charge is -2.12. The molecule has 0 bridgehead atoms.